The molecule has 0 bridgehead atoms. The number of benzene rings is 2. The number of aryl methyl sites for hydroxylation is 1. The van der Waals surface area contributed by atoms with Gasteiger partial charge in [-0.15, -0.1) is 0 Å². The number of para-hydroxylation sites is 1. The van der Waals surface area contributed by atoms with E-state index in [0.717, 1.165) is 5.56 Å². The quantitative estimate of drug-likeness (QED) is 0.632. The van der Waals surface area contributed by atoms with Crippen molar-refractivity contribution in [2.75, 3.05) is 26.2 Å². The molecule has 0 radical (unpaired) electrons. The van der Waals surface area contributed by atoms with Crippen molar-refractivity contribution in [3.8, 4) is 5.75 Å². The third-order valence-electron chi connectivity index (χ3n) is 4.97. The van der Waals surface area contributed by atoms with Gasteiger partial charge < -0.3 is 9.64 Å². The van der Waals surface area contributed by atoms with E-state index in [1.54, 1.807) is 47.4 Å². The van der Waals surface area contributed by atoms with E-state index in [9.17, 15) is 22.0 Å². The molecule has 166 valence electrons. The van der Waals surface area contributed by atoms with Gasteiger partial charge in [-0.2, -0.15) is 13.1 Å². The lowest BCUT2D eigenvalue weighted by Gasteiger charge is -2.21. The number of amides is 1. The number of ether oxygens (including phenoxy) is 1. The van der Waals surface area contributed by atoms with Crippen molar-refractivity contribution in [1.82, 2.24) is 9.21 Å². The van der Waals surface area contributed by atoms with Gasteiger partial charge in [-0.3, -0.25) is 4.79 Å². The third-order valence-corrected chi connectivity index (χ3v) is 6.88. The Kier molecular flexibility index (Phi) is 7.40. The largest absolute Gasteiger partial charge is 0.434 e. The first-order chi connectivity index (χ1) is 14.8. The number of sulfonamides is 1. The molecule has 2 aromatic carbocycles. The van der Waals surface area contributed by atoms with Gasteiger partial charge in [0.15, 0.2) is 0 Å². The number of halogens is 2. The van der Waals surface area contributed by atoms with Crippen molar-refractivity contribution in [3.05, 3.63) is 65.7 Å². The van der Waals surface area contributed by atoms with Crippen LogP contribution in [0, 0.1) is 6.92 Å². The van der Waals surface area contributed by atoms with E-state index in [1.165, 1.54) is 22.5 Å². The first kappa shape index (κ1) is 22.9. The van der Waals surface area contributed by atoms with E-state index < -0.39 is 16.6 Å². The number of carbonyl (C=O) groups is 1. The van der Waals surface area contributed by atoms with E-state index in [-0.39, 0.29) is 29.6 Å². The lowest BCUT2D eigenvalue weighted by molar-refractivity contribution is -0.125. The molecule has 1 fully saturated rings. The summed E-state index contributed by atoms with van der Waals surface area (Å²) in [4.78, 5) is 14.4. The SMILES string of the molecule is Cc1ccc(S(=O)(=O)N2CCCN(C(=O)/C=C/c3ccccc3OC(F)F)CC2)cc1. The number of hydrogen-bond acceptors (Lipinski definition) is 4. The molecule has 0 saturated carbocycles. The summed E-state index contributed by atoms with van der Waals surface area (Å²) in [6.07, 6.45) is 3.21. The minimum atomic E-state index is -3.63. The summed E-state index contributed by atoms with van der Waals surface area (Å²) in [6.45, 7) is 0.0617. The van der Waals surface area contributed by atoms with Crippen molar-refractivity contribution in [2.45, 2.75) is 24.9 Å². The van der Waals surface area contributed by atoms with E-state index in [0.29, 0.717) is 25.1 Å². The molecule has 9 heteroatoms. The minimum Gasteiger partial charge on any atom is -0.434 e. The van der Waals surface area contributed by atoms with Gasteiger partial charge in [0.1, 0.15) is 5.75 Å². The summed E-state index contributed by atoms with van der Waals surface area (Å²) in [6, 6.07) is 12.9. The molecule has 2 aromatic rings. The molecule has 1 saturated heterocycles. The Balaban J connectivity index is 1.66. The topological polar surface area (TPSA) is 66.9 Å². The number of alkyl halides is 2. The normalized spacial score (nSPS) is 15.9. The molecular weight excluding hydrogens is 426 g/mol. The summed E-state index contributed by atoms with van der Waals surface area (Å²) < 4.78 is 56.7. The van der Waals surface area contributed by atoms with Crippen LogP contribution in [0.15, 0.2) is 59.5 Å². The van der Waals surface area contributed by atoms with E-state index >= 15 is 0 Å². The molecule has 0 N–H and O–H groups in total. The molecule has 6 nitrogen and oxygen atoms in total. The van der Waals surface area contributed by atoms with Crippen LogP contribution < -0.4 is 4.74 Å². The maximum Gasteiger partial charge on any atom is 0.387 e. The highest BCUT2D eigenvalue weighted by Gasteiger charge is 2.27. The average molecular weight is 451 g/mol. The average Bonchev–Trinajstić information content (AvgIpc) is 3.00. The van der Waals surface area contributed by atoms with Crippen LogP contribution in [0.2, 0.25) is 0 Å². The number of hydrogen-bond donors (Lipinski definition) is 0. The second-order valence-corrected chi connectivity index (χ2v) is 9.08. The third kappa shape index (κ3) is 5.89. The number of rotatable bonds is 6. The molecule has 1 amide bonds. The van der Waals surface area contributed by atoms with E-state index in [1.807, 2.05) is 6.92 Å². The van der Waals surface area contributed by atoms with Crippen molar-refractivity contribution < 1.29 is 26.7 Å². The van der Waals surface area contributed by atoms with Gasteiger partial charge in [0.25, 0.3) is 0 Å². The minimum absolute atomic E-state index is 0.0206. The molecule has 1 aliphatic rings. The zero-order valence-corrected chi connectivity index (χ0v) is 17.9. The number of nitrogens with zero attached hydrogens (tertiary/aromatic N) is 2. The summed E-state index contributed by atoms with van der Waals surface area (Å²) in [5, 5.41) is 0. The van der Waals surface area contributed by atoms with E-state index in [2.05, 4.69) is 4.74 Å². The van der Waals surface area contributed by atoms with Crippen LogP contribution in [0.5, 0.6) is 5.75 Å². The van der Waals surface area contributed by atoms with Crippen LogP contribution in [-0.2, 0) is 14.8 Å². The molecule has 0 unspecified atom stereocenters. The predicted octanol–water partition coefficient (Wildman–Crippen LogP) is 3.53. The molecule has 3 rings (SSSR count). The van der Waals surface area contributed by atoms with Crippen molar-refractivity contribution >= 4 is 22.0 Å². The Morgan fingerprint density at radius 1 is 1.03 bits per heavy atom. The highest BCUT2D eigenvalue weighted by atomic mass is 32.2. The Morgan fingerprint density at radius 2 is 1.74 bits per heavy atom. The van der Waals surface area contributed by atoms with Gasteiger partial charge >= 0.3 is 6.61 Å². The number of carbonyl (C=O) groups excluding carboxylic acids is 1. The molecular formula is C22H24F2N2O4S. The molecule has 1 aliphatic heterocycles. The zero-order chi connectivity index (χ0) is 22.4. The molecule has 0 atom stereocenters. The van der Waals surface area contributed by atoms with Crippen molar-refractivity contribution in [3.63, 3.8) is 0 Å². The molecule has 0 aliphatic carbocycles. The van der Waals surface area contributed by atoms with Crippen LogP contribution >= 0.6 is 0 Å². The summed E-state index contributed by atoms with van der Waals surface area (Å²) in [5.74, 6) is -0.339. The van der Waals surface area contributed by atoms with Crippen LogP contribution in [0.4, 0.5) is 8.78 Å². The van der Waals surface area contributed by atoms with Gasteiger partial charge in [-0.25, -0.2) is 8.42 Å². The first-order valence-corrected chi connectivity index (χ1v) is 11.3. The van der Waals surface area contributed by atoms with E-state index in [4.69, 9.17) is 0 Å². The fourth-order valence-corrected chi connectivity index (χ4v) is 4.77. The Bertz CT molecular complexity index is 1040. The summed E-state index contributed by atoms with van der Waals surface area (Å²) in [5.41, 5.74) is 1.33. The summed E-state index contributed by atoms with van der Waals surface area (Å²) in [7, 11) is -3.63. The highest BCUT2D eigenvalue weighted by Crippen LogP contribution is 2.22. The standard InChI is InChI=1S/C22H24F2N2O4S/c1-17-7-10-19(11-8-17)31(28,29)26-14-4-13-25(15-16-26)21(27)12-9-18-5-2-3-6-20(18)30-22(23)24/h2-3,5-12,22H,4,13-16H2,1H3/b12-9+. The summed E-state index contributed by atoms with van der Waals surface area (Å²) >= 11 is 0. The van der Waals surface area contributed by atoms with Gasteiger partial charge in [0, 0.05) is 37.8 Å². The lowest BCUT2D eigenvalue weighted by Crippen LogP contribution is -2.36. The zero-order valence-electron chi connectivity index (χ0n) is 17.1. The van der Waals surface area contributed by atoms with Crippen LogP contribution in [-0.4, -0.2) is 56.3 Å². The fraction of sp³-hybridized carbons (Fsp3) is 0.318. The van der Waals surface area contributed by atoms with Crippen LogP contribution in [0.1, 0.15) is 17.5 Å². The van der Waals surface area contributed by atoms with Crippen LogP contribution in [0.3, 0.4) is 0 Å². The highest BCUT2D eigenvalue weighted by molar-refractivity contribution is 7.89. The van der Waals surface area contributed by atoms with Gasteiger partial charge in [0.05, 0.1) is 4.90 Å². The van der Waals surface area contributed by atoms with Gasteiger partial charge in [-0.05, 0) is 37.6 Å². The molecule has 0 aromatic heterocycles. The smallest absolute Gasteiger partial charge is 0.387 e. The first-order valence-electron chi connectivity index (χ1n) is 9.85. The van der Waals surface area contributed by atoms with Crippen molar-refractivity contribution in [2.24, 2.45) is 0 Å². The maximum atomic E-state index is 12.9. The van der Waals surface area contributed by atoms with Gasteiger partial charge in [-0.1, -0.05) is 35.9 Å². The lowest BCUT2D eigenvalue weighted by atomic mass is 10.2. The molecule has 31 heavy (non-hydrogen) atoms. The molecule has 0 spiro atoms. The van der Waals surface area contributed by atoms with Gasteiger partial charge in [0.2, 0.25) is 15.9 Å². The predicted molar refractivity (Wildman–Crippen MR) is 113 cm³/mol. The Hall–Kier alpha value is -2.78. The second kappa shape index (κ2) is 10.0. The molecule has 1 heterocycles. The second-order valence-electron chi connectivity index (χ2n) is 7.15. The van der Waals surface area contributed by atoms with Crippen molar-refractivity contribution in [1.29, 1.82) is 0 Å². The Morgan fingerprint density at radius 3 is 2.45 bits per heavy atom. The fourth-order valence-electron chi connectivity index (χ4n) is 3.30. The monoisotopic (exact) mass is 450 g/mol. The Labute approximate surface area is 180 Å². The maximum absolute atomic E-state index is 12.9. The van der Waals surface area contributed by atoms with Crippen LogP contribution in [0.25, 0.3) is 6.08 Å².